The third kappa shape index (κ3) is 66.9. The summed E-state index contributed by atoms with van der Waals surface area (Å²) >= 11 is 0. The van der Waals surface area contributed by atoms with Crippen LogP contribution in [0, 0.1) is 0 Å². The minimum absolute atomic E-state index is 0.0795. The van der Waals surface area contributed by atoms with Gasteiger partial charge in [0.1, 0.15) is 13.2 Å². The van der Waals surface area contributed by atoms with Gasteiger partial charge in [-0.2, -0.15) is 0 Å². The zero-order valence-corrected chi connectivity index (χ0v) is 54.0. The molecule has 6 heteroatoms. The third-order valence-electron chi connectivity index (χ3n) is 15.0. The molecule has 0 radical (unpaired) electrons. The van der Waals surface area contributed by atoms with Crippen molar-refractivity contribution in [2.45, 2.75) is 341 Å². The van der Waals surface area contributed by atoms with E-state index in [0.717, 1.165) is 128 Å². The molecule has 0 spiro atoms. The Bertz CT molecular complexity index is 1640. The van der Waals surface area contributed by atoms with Gasteiger partial charge in [0.25, 0.3) is 0 Å². The summed E-state index contributed by atoms with van der Waals surface area (Å²) in [5.41, 5.74) is 0. The molecule has 82 heavy (non-hydrogen) atoms. The van der Waals surface area contributed by atoms with Crippen molar-refractivity contribution in [1.29, 1.82) is 0 Å². The Labute approximate surface area is 508 Å². The molecule has 0 aliphatic heterocycles. The second kappa shape index (κ2) is 69.6. The van der Waals surface area contributed by atoms with Crippen LogP contribution in [0.5, 0.6) is 0 Å². The first kappa shape index (κ1) is 78.1. The van der Waals surface area contributed by atoms with E-state index in [1.165, 1.54) is 167 Å². The van der Waals surface area contributed by atoms with Crippen molar-refractivity contribution >= 4 is 17.9 Å². The van der Waals surface area contributed by atoms with Gasteiger partial charge in [0.15, 0.2) is 6.10 Å². The van der Waals surface area contributed by atoms with E-state index in [-0.39, 0.29) is 31.1 Å². The summed E-state index contributed by atoms with van der Waals surface area (Å²) in [6.07, 6.45) is 95.6. The topological polar surface area (TPSA) is 78.9 Å². The van der Waals surface area contributed by atoms with Gasteiger partial charge in [-0.25, -0.2) is 0 Å². The number of esters is 3. The number of allylic oxidation sites excluding steroid dienone is 18. The second-order valence-corrected chi connectivity index (χ2v) is 23.0. The van der Waals surface area contributed by atoms with E-state index in [1.807, 2.05) is 0 Å². The van der Waals surface area contributed by atoms with Gasteiger partial charge in [-0.1, -0.05) is 323 Å². The Hall–Kier alpha value is -3.93. The summed E-state index contributed by atoms with van der Waals surface area (Å²) in [7, 11) is 0. The van der Waals surface area contributed by atoms with Gasteiger partial charge >= 0.3 is 17.9 Å². The van der Waals surface area contributed by atoms with Crippen molar-refractivity contribution in [2.75, 3.05) is 13.2 Å². The maximum Gasteiger partial charge on any atom is 0.306 e. The summed E-state index contributed by atoms with van der Waals surface area (Å²) in [6, 6.07) is 0. The van der Waals surface area contributed by atoms with Crippen LogP contribution < -0.4 is 0 Å². The highest BCUT2D eigenvalue weighted by Crippen LogP contribution is 2.17. The molecule has 470 valence electrons. The van der Waals surface area contributed by atoms with E-state index in [0.29, 0.717) is 19.3 Å². The number of carbonyl (C=O) groups excluding carboxylic acids is 3. The van der Waals surface area contributed by atoms with Crippen LogP contribution >= 0.6 is 0 Å². The maximum absolute atomic E-state index is 12.9. The maximum atomic E-state index is 12.9. The first-order valence-electron chi connectivity index (χ1n) is 34.9. The molecular weight excluding hydrogens is 1010 g/mol. The van der Waals surface area contributed by atoms with Crippen LogP contribution in [0.25, 0.3) is 0 Å². The summed E-state index contributed by atoms with van der Waals surface area (Å²) in [5, 5.41) is 0. The molecule has 0 aromatic rings. The van der Waals surface area contributed by atoms with Crippen molar-refractivity contribution in [1.82, 2.24) is 0 Å². The van der Waals surface area contributed by atoms with E-state index in [4.69, 9.17) is 14.2 Å². The average molecular weight is 1140 g/mol. The summed E-state index contributed by atoms with van der Waals surface area (Å²) in [6.45, 7) is 6.42. The van der Waals surface area contributed by atoms with Crippen molar-refractivity contribution in [3.63, 3.8) is 0 Å². The molecule has 0 saturated carbocycles. The molecule has 0 bridgehead atoms. The zero-order valence-electron chi connectivity index (χ0n) is 54.0. The molecule has 0 N–H and O–H groups in total. The molecule has 0 fully saturated rings. The number of unbranched alkanes of at least 4 members (excludes halogenated alkanes) is 34. The van der Waals surface area contributed by atoms with Crippen LogP contribution in [0.3, 0.4) is 0 Å². The van der Waals surface area contributed by atoms with E-state index < -0.39 is 6.10 Å². The third-order valence-corrected chi connectivity index (χ3v) is 15.0. The highest BCUT2D eigenvalue weighted by atomic mass is 16.6. The quantitative estimate of drug-likeness (QED) is 0.0261. The molecule has 0 aliphatic rings. The Morgan fingerprint density at radius 3 is 0.744 bits per heavy atom. The van der Waals surface area contributed by atoms with Crippen molar-refractivity contribution < 1.29 is 28.6 Å². The monoisotopic (exact) mass is 1140 g/mol. The van der Waals surface area contributed by atoms with Gasteiger partial charge in [0, 0.05) is 19.3 Å². The van der Waals surface area contributed by atoms with Crippen molar-refractivity contribution in [3.05, 3.63) is 109 Å². The lowest BCUT2D eigenvalue weighted by molar-refractivity contribution is -0.167. The smallest absolute Gasteiger partial charge is 0.306 e. The molecular formula is C76H130O6. The fourth-order valence-electron chi connectivity index (χ4n) is 9.88. The molecule has 1 unspecified atom stereocenters. The van der Waals surface area contributed by atoms with Crippen LogP contribution in [0.4, 0.5) is 0 Å². The lowest BCUT2D eigenvalue weighted by Crippen LogP contribution is -2.30. The van der Waals surface area contributed by atoms with Crippen LogP contribution in [-0.4, -0.2) is 37.2 Å². The second-order valence-electron chi connectivity index (χ2n) is 23.0. The van der Waals surface area contributed by atoms with Crippen LogP contribution in [0.15, 0.2) is 109 Å². The number of carbonyl (C=O) groups is 3. The average Bonchev–Trinajstić information content (AvgIpc) is 3.48. The first-order valence-corrected chi connectivity index (χ1v) is 34.9. The lowest BCUT2D eigenvalue weighted by atomic mass is 10.0. The standard InChI is InChI=1S/C76H130O6/c1-4-7-10-13-16-19-22-24-26-28-30-31-32-33-34-35-36-37-38-39-40-41-42-43-44-45-47-48-50-52-54-57-60-63-66-69-75(78)81-72-73(71-80-74(77)68-65-62-59-56-21-18-15-12-9-6-3)82-76(79)70-67-64-61-58-55-53-51-49-46-29-27-25-23-20-17-14-11-8-5-2/h7-8,10-11,16-17,19-20,24-27,30-31,33-34,46,49,73H,4-6,9,12-15,18,21-23,28-29,32,35-45,47-48,50-72H2,1-3H3/b10-7-,11-8-,19-16-,20-17-,26-24-,27-25-,31-30-,34-33-,49-46-. The van der Waals surface area contributed by atoms with E-state index in [2.05, 4.69) is 130 Å². The molecule has 0 aliphatic carbocycles. The minimum Gasteiger partial charge on any atom is -0.462 e. The molecule has 0 aromatic carbocycles. The largest absolute Gasteiger partial charge is 0.462 e. The predicted octanol–water partition coefficient (Wildman–Crippen LogP) is 24.2. The first-order chi connectivity index (χ1) is 40.5. The summed E-state index contributed by atoms with van der Waals surface area (Å²) < 4.78 is 16.9. The summed E-state index contributed by atoms with van der Waals surface area (Å²) in [4.78, 5) is 38.3. The lowest BCUT2D eigenvalue weighted by Gasteiger charge is -2.18. The molecule has 0 rings (SSSR count). The number of rotatable bonds is 63. The zero-order chi connectivity index (χ0) is 59.2. The van der Waals surface area contributed by atoms with Crippen molar-refractivity contribution in [3.8, 4) is 0 Å². The highest BCUT2D eigenvalue weighted by molar-refractivity contribution is 5.71. The highest BCUT2D eigenvalue weighted by Gasteiger charge is 2.19. The Morgan fingerprint density at radius 1 is 0.256 bits per heavy atom. The number of hydrogen-bond acceptors (Lipinski definition) is 6. The van der Waals surface area contributed by atoms with Gasteiger partial charge in [-0.15, -0.1) is 0 Å². The Kier molecular flexibility index (Phi) is 66.2. The molecule has 6 nitrogen and oxygen atoms in total. The summed E-state index contributed by atoms with van der Waals surface area (Å²) in [5.74, 6) is -0.881. The number of hydrogen-bond donors (Lipinski definition) is 0. The molecule has 0 amide bonds. The minimum atomic E-state index is -0.783. The fourth-order valence-corrected chi connectivity index (χ4v) is 9.88. The van der Waals surface area contributed by atoms with Crippen LogP contribution in [-0.2, 0) is 28.6 Å². The van der Waals surface area contributed by atoms with Gasteiger partial charge in [0.2, 0.25) is 0 Å². The molecule has 0 heterocycles. The van der Waals surface area contributed by atoms with Gasteiger partial charge in [-0.05, 0) is 103 Å². The van der Waals surface area contributed by atoms with Gasteiger partial charge in [-0.3, -0.25) is 14.4 Å². The SMILES string of the molecule is CC/C=C\C/C=C\C/C=C\C/C=C\C/C=C\CCCCCCCCCCCCCCCCCCCCCC(=O)OCC(COC(=O)CCCCCCCCCCCC)OC(=O)CCCCCCCC/C=C\C/C=C\C/C=C\C/C=C\CC. The van der Waals surface area contributed by atoms with Crippen molar-refractivity contribution in [2.24, 2.45) is 0 Å². The molecule has 0 aromatic heterocycles. The van der Waals surface area contributed by atoms with Gasteiger partial charge < -0.3 is 14.2 Å². The number of ether oxygens (including phenoxy) is 3. The van der Waals surface area contributed by atoms with Gasteiger partial charge in [0.05, 0.1) is 0 Å². The Morgan fingerprint density at radius 2 is 0.476 bits per heavy atom. The van der Waals surface area contributed by atoms with E-state index in [1.54, 1.807) is 0 Å². The molecule has 1 atom stereocenters. The fraction of sp³-hybridized carbons (Fsp3) is 0.724. The van der Waals surface area contributed by atoms with Crippen LogP contribution in [0.1, 0.15) is 335 Å². The predicted molar refractivity (Wildman–Crippen MR) is 357 cm³/mol. The van der Waals surface area contributed by atoms with E-state index in [9.17, 15) is 14.4 Å². The normalized spacial score (nSPS) is 12.8. The molecule has 0 saturated heterocycles. The van der Waals surface area contributed by atoms with E-state index >= 15 is 0 Å². The van der Waals surface area contributed by atoms with Crippen LogP contribution in [0.2, 0.25) is 0 Å². The Balaban J connectivity index is 4.10.